The Morgan fingerprint density at radius 3 is 1.72 bits per heavy atom. The topological polar surface area (TPSA) is 275 Å². The highest BCUT2D eigenvalue weighted by atomic mass is 16.5. The molecule has 2 aliphatic heterocycles. The third kappa shape index (κ3) is 9.39. The van der Waals surface area contributed by atoms with E-state index in [1.165, 1.54) is 84.9 Å². The van der Waals surface area contributed by atoms with E-state index in [0.717, 1.165) is 24.3 Å². The summed E-state index contributed by atoms with van der Waals surface area (Å²) in [5.41, 5.74) is 1.22. The molecule has 0 aromatic heterocycles. The quantitative estimate of drug-likeness (QED) is 0.0379. The second-order valence-corrected chi connectivity index (χ2v) is 18.8. The summed E-state index contributed by atoms with van der Waals surface area (Å²) in [5.74, 6) is -7.17. The molecule has 75 heavy (non-hydrogen) atoms. The molecule has 0 bridgehead atoms. The van der Waals surface area contributed by atoms with E-state index in [0.29, 0.717) is 33.6 Å². The molecule has 8 aromatic rings. The van der Waals surface area contributed by atoms with Gasteiger partial charge in [0.25, 0.3) is 0 Å². The molecular weight excluding hydrogens is 961 g/mol. The van der Waals surface area contributed by atoms with Crippen molar-refractivity contribution in [3.63, 3.8) is 0 Å². The van der Waals surface area contributed by atoms with Crippen LogP contribution in [0.5, 0.6) is 69.0 Å². The number of benzene rings is 8. The second kappa shape index (κ2) is 19.4. The minimum Gasteiger partial charge on any atom is -0.508 e. The summed E-state index contributed by atoms with van der Waals surface area (Å²) in [7, 11) is 0. The van der Waals surface area contributed by atoms with Crippen molar-refractivity contribution in [2.24, 2.45) is 11.8 Å². The van der Waals surface area contributed by atoms with E-state index < -0.39 is 75.9 Å². The van der Waals surface area contributed by atoms with Gasteiger partial charge in [-0.25, -0.2) is 0 Å². The van der Waals surface area contributed by atoms with Crippen LogP contribution in [0.1, 0.15) is 83.3 Å². The lowest BCUT2D eigenvalue weighted by atomic mass is 9.70. The van der Waals surface area contributed by atoms with Crippen LogP contribution in [0.3, 0.4) is 0 Å². The van der Waals surface area contributed by atoms with Crippen LogP contribution in [0.2, 0.25) is 0 Å². The molecular formula is C60H48O15. The summed E-state index contributed by atoms with van der Waals surface area (Å²) in [6, 6.07) is 37.4. The lowest BCUT2D eigenvalue weighted by Crippen LogP contribution is -2.39. The highest BCUT2D eigenvalue weighted by Crippen LogP contribution is 2.59. The van der Waals surface area contributed by atoms with Crippen LogP contribution >= 0.6 is 0 Å². The maximum Gasteiger partial charge on any atom is 0.189 e. The van der Waals surface area contributed by atoms with E-state index in [-0.39, 0.29) is 75.2 Å². The van der Waals surface area contributed by atoms with Crippen molar-refractivity contribution in [1.29, 1.82) is 0 Å². The Morgan fingerprint density at radius 1 is 0.533 bits per heavy atom. The molecule has 0 unspecified atom stereocenters. The van der Waals surface area contributed by atoms with Crippen molar-refractivity contribution in [3.05, 3.63) is 219 Å². The van der Waals surface area contributed by atoms with Crippen molar-refractivity contribution < 1.29 is 75.2 Å². The summed E-state index contributed by atoms with van der Waals surface area (Å²) in [4.78, 5) is 28.3. The number of phenolic OH excluding ortho intramolecular Hbond substituents is 11. The van der Waals surface area contributed by atoms with E-state index in [1.54, 1.807) is 60.7 Å². The van der Waals surface area contributed by atoms with Crippen molar-refractivity contribution in [1.82, 2.24) is 0 Å². The predicted octanol–water partition coefficient (Wildman–Crippen LogP) is 10.2. The zero-order chi connectivity index (χ0) is 52.9. The molecule has 0 saturated carbocycles. The molecule has 10 rings (SSSR count). The fourth-order valence-electron chi connectivity index (χ4n) is 10.6. The van der Waals surface area contributed by atoms with E-state index >= 15 is 4.79 Å². The average Bonchev–Trinajstić information content (AvgIpc) is 4.02. The Kier molecular flexibility index (Phi) is 12.7. The Balaban J connectivity index is 1.15. The smallest absolute Gasteiger partial charge is 0.189 e. The standard InChI is InChI=1S/C60H48O15/c61-36-9-1-32(2-10-36)24-47-55(57(73)44-20-17-41(66)27-51(44)70)58(33-5-11-37(62)12-6-33)74-59(47)46-28-45(52(71)29-53(46)72)56(43-19-16-40(65)26-50(43)69)60(35-7-13-38(63)14-8-35)30-34-23-31(4-22-54(34)75-60)3-21-48(67)42-18-15-39(64)25-49(42)68/h1-23,25-29,47,55-56,58-59,61-66,68-72H,24,30H2/t47-,55-,56+,58-,59+,60-/m1/s1. The number of hydrogen-bond donors (Lipinski definition) is 11. The van der Waals surface area contributed by atoms with Crippen LogP contribution in [0.15, 0.2) is 164 Å². The number of ether oxygens (including phenoxy) is 2. The average molecular weight is 1010 g/mol. The molecule has 378 valence electrons. The molecule has 1 saturated heterocycles. The second-order valence-electron chi connectivity index (χ2n) is 18.8. The number of carbonyl (C=O) groups excluding carboxylic acids is 2. The van der Waals surface area contributed by atoms with Gasteiger partial charge in [-0.2, -0.15) is 0 Å². The third-order valence-corrected chi connectivity index (χ3v) is 14.1. The van der Waals surface area contributed by atoms with E-state index in [2.05, 4.69) is 0 Å². The zero-order valence-electron chi connectivity index (χ0n) is 39.5. The molecule has 2 aliphatic rings. The number of fused-ring (bicyclic) bond motifs is 1. The van der Waals surface area contributed by atoms with Crippen molar-refractivity contribution in [2.45, 2.75) is 36.6 Å². The number of hydrogen-bond acceptors (Lipinski definition) is 15. The SMILES string of the molecule is O=C(C=Cc1ccc2c(c1)C[C@@](c1ccc(O)cc1)([C@@H](c1ccc(O)cc1O)c1cc([C@@H]3O[C@H](c4ccc(O)cc4)[C@@H](C(=O)c4ccc(O)cc4O)[C@H]3Cc3ccc(O)cc3)c(O)cc1O)O2)c1ccc(O)cc1O. The van der Waals surface area contributed by atoms with E-state index in [9.17, 15) is 61.0 Å². The number of carbonyl (C=O) groups is 2. The van der Waals surface area contributed by atoms with Crippen LogP contribution < -0.4 is 4.74 Å². The van der Waals surface area contributed by atoms with Crippen LogP contribution in [0, 0.1) is 11.8 Å². The molecule has 0 spiro atoms. The fraction of sp³-hybridized carbons (Fsp3) is 0.133. The first kappa shape index (κ1) is 49.0. The van der Waals surface area contributed by atoms with Gasteiger partial charge in [-0.3, -0.25) is 9.59 Å². The molecule has 0 aliphatic carbocycles. The minimum atomic E-state index is -1.63. The summed E-state index contributed by atoms with van der Waals surface area (Å²) in [5, 5.41) is 120. The Labute approximate surface area is 428 Å². The number of Topliss-reactive ketones (excluding diaryl/α,β-unsaturated/α-hetero) is 1. The molecule has 15 nitrogen and oxygen atoms in total. The van der Waals surface area contributed by atoms with Gasteiger partial charge in [-0.05, 0) is 125 Å². The number of phenols is 11. The summed E-state index contributed by atoms with van der Waals surface area (Å²) >= 11 is 0. The maximum atomic E-state index is 15.1. The van der Waals surface area contributed by atoms with Gasteiger partial charge >= 0.3 is 0 Å². The highest BCUT2D eigenvalue weighted by molar-refractivity contribution is 6.08. The van der Waals surface area contributed by atoms with E-state index in [1.807, 2.05) is 0 Å². The summed E-state index contributed by atoms with van der Waals surface area (Å²) in [6.45, 7) is 0. The van der Waals surface area contributed by atoms with Crippen molar-refractivity contribution >= 4 is 17.6 Å². The summed E-state index contributed by atoms with van der Waals surface area (Å²) in [6.07, 6.45) is 0.600. The maximum absolute atomic E-state index is 15.1. The fourth-order valence-corrected chi connectivity index (χ4v) is 10.6. The van der Waals surface area contributed by atoms with Crippen LogP contribution in [0.4, 0.5) is 0 Å². The molecule has 0 radical (unpaired) electrons. The molecule has 2 heterocycles. The highest BCUT2D eigenvalue weighted by Gasteiger charge is 2.53. The Hall–Kier alpha value is -9.60. The van der Waals surface area contributed by atoms with E-state index in [4.69, 9.17) is 9.47 Å². The molecule has 15 heteroatoms. The van der Waals surface area contributed by atoms with Gasteiger partial charge in [-0.1, -0.05) is 54.6 Å². The third-order valence-electron chi connectivity index (χ3n) is 14.1. The number of rotatable bonds is 13. The first-order valence-electron chi connectivity index (χ1n) is 23.7. The molecule has 0 amide bonds. The van der Waals surface area contributed by atoms with Crippen LogP contribution in [0.25, 0.3) is 6.08 Å². The van der Waals surface area contributed by atoms with Crippen LogP contribution in [-0.2, 0) is 23.2 Å². The normalized spacial score (nSPS) is 19.4. The van der Waals surface area contributed by atoms with Gasteiger partial charge in [0.1, 0.15) is 74.6 Å². The van der Waals surface area contributed by atoms with Gasteiger partial charge in [0, 0.05) is 53.3 Å². The molecule has 6 atom stereocenters. The van der Waals surface area contributed by atoms with Gasteiger partial charge in [0.2, 0.25) is 0 Å². The molecule has 8 aromatic carbocycles. The van der Waals surface area contributed by atoms with Gasteiger partial charge in [0.05, 0.1) is 35.2 Å². The van der Waals surface area contributed by atoms with Crippen LogP contribution in [-0.4, -0.2) is 67.7 Å². The zero-order valence-corrected chi connectivity index (χ0v) is 39.5. The first-order valence-corrected chi connectivity index (χ1v) is 23.7. The molecule has 1 fully saturated rings. The van der Waals surface area contributed by atoms with Gasteiger partial charge in [0.15, 0.2) is 11.6 Å². The number of ketones is 2. The van der Waals surface area contributed by atoms with Gasteiger partial charge in [-0.15, -0.1) is 0 Å². The van der Waals surface area contributed by atoms with Gasteiger partial charge < -0.3 is 65.6 Å². The lowest BCUT2D eigenvalue weighted by Gasteiger charge is -2.39. The largest absolute Gasteiger partial charge is 0.508 e. The molecule has 11 N–H and O–H groups in total. The minimum absolute atomic E-state index is 0.0145. The monoisotopic (exact) mass is 1010 g/mol. The number of allylic oxidation sites excluding steroid dienone is 1. The summed E-state index contributed by atoms with van der Waals surface area (Å²) < 4.78 is 14.1. The Morgan fingerprint density at radius 2 is 1.09 bits per heavy atom. The predicted molar refractivity (Wildman–Crippen MR) is 273 cm³/mol. The van der Waals surface area contributed by atoms with Crippen molar-refractivity contribution in [3.8, 4) is 69.0 Å². The Bertz CT molecular complexity index is 3530. The van der Waals surface area contributed by atoms with Crippen molar-refractivity contribution in [2.75, 3.05) is 0 Å². The lowest BCUT2D eigenvalue weighted by molar-refractivity contribution is 0.0252. The number of aromatic hydroxyl groups is 11. The first-order chi connectivity index (χ1) is 36.0.